The maximum absolute atomic E-state index is 11.8. The number of carbonyl (C=O) groups is 2. The molecule has 4 nitrogen and oxygen atoms in total. The monoisotopic (exact) mass is 289 g/mol. The number of anilines is 1. The van der Waals surface area contributed by atoms with Crippen LogP contribution in [0.4, 0.5) is 5.69 Å². The molecule has 0 saturated heterocycles. The number of carboxylic acid groups (broad SMARTS) is 1. The second-order valence-electron chi connectivity index (χ2n) is 3.64. The molecule has 1 amide bonds. The number of carbonyl (C=O) groups excluding carboxylic acids is 1. The lowest BCUT2D eigenvalue weighted by molar-refractivity contribution is -0.136. The number of hydrogen-bond donors (Lipinski definition) is 1. The molecule has 0 aromatic heterocycles. The van der Waals surface area contributed by atoms with Gasteiger partial charge >= 0.3 is 5.97 Å². The van der Waals surface area contributed by atoms with E-state index in [9.17, 15) is 9.59 Å². The zero-order valence-electron chi connectivity index (χ0n) is 9.82. The van der Waals surface area contributed by atoms with Gasteiger partial charge in [0.1, 0.15) is 0 Å². The third-order valence-corrected chi connectivity index (χ3v) is 3.11. The fourth-order valence-electron chi connectivity index (χ4n) is 1.45. The van der Waals surface area contributed by atoms with E-state index >= 15 is 0 Å². The van der Waals surface area contributed by atoms with Crippen LogP contribution in [0.5, 0.6) is 0 Å². The quantitative estimate of drug-likeness (QED) is 0.905. The van der Waals surface area contributed by atoms with Gasteiger partial charge in [-0.25, -0.2) is 0 Å². The maximum Gasteiger partial charge on any atom is 0.305 e. The minimum Gasteiger partial charge on any atom is -0.481 e. The zero-order chi connectivity index (χ0) is 13.7. The molecule has 0 aliphatic carbocycles. The van der Waals surface area contributed by atoms with Gasteiger partial charge in [0.25, 0.3) is 0 Å². The molecule has 0 heterocycles. The first-order chi connectivity index (χ1) is 8.45. The molecule has 0 unspecified atom stereocenters. The first kappa shape index (κ1) is 14.8. The van der Waals surface area contributed by atoms with Crippen molar-refractivity contribution in [3.05, 3.63) is 28.2 Å². The summed E-state index contributed by atoms with van der Waals surface area (Å²) < 4.78 is 0. The lowest BCUT2D eigenvalue weighted by Crippen LogP contribution is -2.32. The van der Waals surface area contributed by atoms with Crippen LogP contribution in [-0.2, 0) is 9.59 Å². The summed E-state index contributed by atoms with van der Waals surface area (Å²) in [5.41, 5.74) is 0.553. The lowest BCUT2D eigenvalue weighted by atomic mass is 10.2. The van der Waals surface area contributed by atoms with Gasteiger partial charge in [-0.15, -0.1) is 0 Å². The third-order valence-electron chi connectivity index (χ3n) is 2.37. The van der Waals surface area contributed by atoms with Crippen molar-refractivity contribution >= 4 is 40.8 Å². The van der Waals surface area contributed by atoms with Crippen LogP contribution >= 0.6 is 23.2 Å². The van der Waals surface area contributed by atoms with Gasteiger partial charge in [0.2, 0.25) is 5.91 Å². The van der Waals surface area contributed by atoms with Crippen LogP contribution in [0.2, 0.25) is 10.0 Å². The number of rotatable bonds is 5. The maximum atomic E-state index is 11.8. The van der Waals surface area contributed by atoms with Crippen molar-refractivity contribution in [3.8, 4) is 0 Å². The Kier molecular flexibility index (Phi) is 5.44. The fourth-order valence-corrected chi connectivity index (χ4v) is 1.74. The molecule has 1 aromatic carbocycles. The van der Waals surface area contributed by atoms with E-state index in [0.717, 1.165) is 0 Å². The minimum atomic E-state index is -0.955. The van der Waals surface area contributed by atoms with Crippen LogP contribution in [0.25, 0.3) is 0 Å². The highest BCUT2D eigenvalue weighted by Gasteiger charge is 2.16. The number of amides is 1. The summed E-state index contributed by atoms with van der Waals surface area (Å²) in [6.45, 7) is 1.83. The molecule has 98 valence electrons. The fraction of sp³-hybridized carbons (Fsp3) is 0.333. The van der Waals surface area contributed by atoms with Crippen LogP contribution in [-0.4, -0.2) is 23.5 Å². The van der Waals surface area contributed by atoms with Crippen LogP contribution in [0.15, 0.2) is 18.2 Å². The molecule has 1 rings (SSSR count). The second-order valence-corrected chi connectivity index (χ2v) is 4.46. The summed E-state index contributed by atoms with van der Waals surface area (Å²) in [6.07, 6.45) is 0.172. The molecule has 0 spiro atoms. The van der Waals surface area contributed by atoms with Gasteiger partial charge in [-0.2, -0.15) is 0 Å². The van der Waals surface area contributed by atoms with Crippen molar-refractivity contribution < 1.29 is 14.7 Å². The molecular weight excluding hydrogens is 277 g/mol. The second kappa shape index (κ2) is 6.61. The van der Waals surface area contributed by atoms with Gasteiger partial charge in [0.15, 0.2) is 0 Å². The van der Waals surface area contributed by atoms with Crippen molar-refractivity contribution in [2.24, 2.45) is 0 Å². The topological polar surface area (TPSA) is 57.6 Å². The molecule has 0 aliphatic rings. The average molecular weight is 290 g/mol. The highest BCUT2D eigenvalue weighted by molar-refractivity contribution is 6.42. The Hall–Kier alpha value is -1.26. The highest BCUT2D eigenvalue weighted by Crippen LogP contribution is 2.27. The minimum absolute atomic E-state index is 0.111. The SMILES string of the molecule is CCC(=O)N(CCC(=O)O)c1ccc(Cl)c(Cl)c1. The van der Waals surface area contributed by atoms with Gasteiger partial charge in [0.05, 0.1) is 16.5 Å². The van der Waals surface area contributed by atoms with E-state index in [2.05, 4.69) is 0 Å². The van der Waals surface area contributed by atoms with Crippen molar-refractivity contribution in [1.29, 1.82) is 0 Å². The van der Waals surface area contributed by atoms with E-state index in [1.165, 1.54) is 4.90 Å². The normalized spacial score (nSPS) is 10.2. The molecule has 6 heteroatoms. The molecule has 18 heavy (non-hydrogen) atoms. The highest BCUT2D eigenvalue weighted by atomic mass is 35.5. The van der Waals surface area contributed by atoms with Gasteiger partial charge in [-0.1, -0.05) is 30.1 Å². The van der Waals surface area contributed by atoms with Gasteiger partial charge in [-0.05, 0) is 18.2 Å². The van der Waals surface area contributed by atoms with Gasteiger partial charge in [0, 0.05) is 18.7 Å². The van der Waals surface area contributed by atoms with Crippen LogP contribution in [0, 0.1) is 0 Å². The molecule has 0 bridgehead atoms. The van der Waals surface area contributed by atoms with Gasteiger partial charge in [-0.3, -0.25) is 9.59 Å². The summed E-state index contributed by atoms with van der Waals surface area (Å²) in [6, 6.07) is 4.78. The Morgan fingerprint density at radius 2 is 1.94 bits per heavy atom. The molecule has 0 radical (unpaired) electrons. The Balaban J connectivity index is 2.97. The Morgan fingerprint density at radius 1 is 1.28 bits per heavy atom. The Morgan fingerprint density at radius 3 is 2.44 bits per heavy atom. The Bertz CT molecular complexity index is 463. The smallest absolute Gasteiger partial charge is 0.305 e. The number of halogens is 2. The van der Waals surface area contributed by atoms with Crippen molar-refractivity contribution in [2.45, 2.75) is 19.8 Å². The van der Waals surface area contributed by atoms with Crippen LogP contribution in [0.1, 0.15) is 19.8 Å². The van der Waals surface area contributed by atoms with E-state index < -0.39 is 5.97 Å². The number of carboxylic acids is 1. The number of nitrogens with zero attached hydrogens (tertiary/aromatic N) is 1. The third kappa shape index (κ3) is 3.89. The first-order valence-corrected chi connectivity index (χ1v) is 6.18. The molecule has 0 saturated carbocycles. The average Bonchev–Trinajstić information content (AvgIpc) is 2.33. The summed E-state index contributed by atoms with van der Waals surface area (Å²) >= 11 is 11.7. The standard InChI is InChI=1S/C12H13Cl2NO3/c1-2-11(16)15(6-5-12(17)18)8-3-4-9(13)10(14)7-8/h3-4,7H,2,5-6H2,1H3,(H,17,18). The molecule has 0 aliphatic heterocycles. The summed E-state index contributed by atoms with van der Waals surface area (Å²) in [4.78, 5) is 23.8. The summed E-state index contributed by atoms with van der Waals surface area (Å²) in [5.74, 6) is -1.11. The van der Waals surface area contributed by atoms with Gasteiger partial charge < -0.3 is 10.0 Å². The van der Waals surface area contributed by atoms with E-state index in [1.54, 1.807) is 25.1 Å². The molecule has 1 N–H and O–H groups in total. The van der Waals surface area contributed by atoms with Crippen molar-refractivity contribution in [1.82, 2.24) is 0 Å². The summed E-state index contributed by atoms with van der Waals surface area (Å²) in [5, 5.41) is 9.40. The lowest BCUT2D eigenvalue weighted by Gasteiger charge is -2.22. The largest absolute Gasteiger partial charge is 0.481 e. The van der Waals surface area contributed by atoms with E-state index in [-0.39, 0.29) is 18.9 Å². The first-order valence-electron chi connectivity index (χ1n) is 5.43. The molecule has 1 aromatic rings. The molecule has 0 atom stereocenters. The van der Waals surface area contributed by atoms with E-state index in [0.29, 0.717) is 22.2 Å². The Labute approximate surface area is 115 Å². The van der Waals surface area contributed by atoms with E-state index in [4.69, 9.17) is 28.3 Å². The summed E-state index contributed by atoms with van der Waals surface area (Å²) in [7, 11) is 0. The molecular formula is C12H13Cl2NO3. The predicted molar refractivity (Wildman–Crippen MR) is 71.4 cm³/mol. The predicted octanol–water partition coefficient (Wildman–Crippen LogP) is 3.21. The van der Waals surface area contributed by atoms with Crippen molar-refractivity contribution in [3.63, 3.8) is 0 Å². The number of benzene rings is 1. The number of aliphatic carboxylic acids is 1. The van der Waals surface area contributed by atoms with Crippen LogP contribution in [0.3, 0.4) is 0 Å². The van der Waals surface area contributed by atoms with Crippen molar-refractivity contribution in [2.75, 3.05) is 11.4 Å². The zero-order valence-corrected chi connectivity index (χ0v) is 11.3. The van der Waals surface area contributed by atoms with Crippen LogP contribution < -0.4 is 4.90 Å². The number of hydrogen-bond acceptors (Lipinski definition) is 2. The van der Waals surface area contributed by atoms with E-state index in [1.807, 2.05) is 0 Å². The molecule has 0 fully saturated rings.